The lowest BCUT2D eigenvalue weighted by atomic mass is 9.88. The van der Waals surface area contributed by atoms with Crippen LogP contribution in [0.1, 0.15) is 80.2 Å². The zero-order valence-electron chi connectivity index (χ0n) is 24.5. The summed E-state index contributed by atoms with van der Waals surface area (Å²) in [7, 11) is 0. The number of amides is 4. The molecule has 2 aromatic rings. The van der Waals surface area contributed by atoms with Crippen molar-refractivity contribution in [3.8, 4) is 0 Å². The Labute approximate surface area is 248 Å². The number of nitrogens with zero attached hydrogens (tertiary/aromatic N) is 3. The highest BCUT2D eigenvalue weighted by Gasteiger charge is 2.58. The minimum atomic E-state index is -4.59. The SMILES string of the molecule is CC(C)n1nccc1C(=O)N[C@H](C(=O)Nc1ccc2c(c1)CNCC2N1C[C@@](C)(C(F)(F)F)NC1=O)C(C1CC1)C1CC1. The lowest BCUT2D eigenvalue weighted by molar-refractivity contribution is -0.184. The molecule has 1 aromatic heterocycles. The van der Waals surface area contributed by atoms with E-state index in [4.69, 9.17) is 0 Å². The van der Waals surface area contributed by atoms with Gasteiger partial charge in [0.25, 0.3) is 5.91 Å². The Bertz CT molecular complexity index is 1410. The largest absolute Gasteiger partial charge is 0.413 e. The highest BCUT2D eigenvalue weighted by Crippen LogP contribution is 2.51. The third-order valence-corrected chi connectivity index (χ3v) is 9.23. The molecule has 1 aromatic carbocycles. The van der Waals surface area contributed by atoms with E-state index in [9.17, 15) is 27.6 Å². The van der Waals surface area contributed by atoms with Crippen molar-refractivity contribution in [2.24, 2.45) is 17.8 Å². The summed E-state index contributed by atoms with van der Waals surface area (Å²) in [6.45, 7) is 5.11. The molecule has 3 fully saturated rings. The Morgan fingerprint density at radius 1 is 1.12 bits per heavy atom. The summed E-state index contributed by atoms with van der Waals surface area (Å²) < 4.78 is 42.6. The number of hydrogen-bond donors (Lipinski definition) is 4. The Kier molecular flexibility index (Phi) is 7.42. The maximum Gasteiger partial charge on any atom is 0.413 e. The van der Waals surface area contributed by atoms with E-state index >= 15 is 0 Å². The van der Waals surface area contributed by atoms with Crippen LogP contribution < -0.4 is 21.3 Å². The van der Waals surface area contributed by atoms with E-state index in [2.05, 4.69) is 26.4 Å². The summed E-state index contributed by atoms with van der Waals surface area (Å²) in [5.41, 5.74) is 0.108. The van der Waals surface area contributed by atoms with Crippen molar-refractivity contribution in [1.82, 2.24) is 30.6 Å². The molecule has 0 spiro atoms. The molecule has 1 unspecified atom stereocenters. The Morgan fingerprint density at radius 2 is 1.81 bits per heavy atom. The number of urea groups is 1. The predicted molar refractivity (Wildman–Crippen MR) is 152 cm³/mol. The topological polar surface area (TPSA) is 120 Å². The van der Waals surface area contributed by atoms with E-state index in [0.29, 0.717) is 36.3 Å². The van der Waals surface area contributed by atoms with E-state index in [1.807, 2.05) is 13.8 Å². The van der Waals surface area contributed by atoms with Crippen molar-refractivity contribution in [3.05, 3.63) is 47.3 Å². The molecule has 4 amide bonds. The number of carbonyl (C=O) groups is 3. The molecule has 13 heteroatoms. The molecule has 3 heterocycles. The number of halogens is 3. The van der Waals surface area contributed by atoms with E-state index < -0.39 is 36.4 Å². The van der Waals surface area contributed by atoms with Crippen molar-refractivity contribution >= 4 is 23.5 Å². The first-order chi connectivity index (χ1) is 20.4. The molecule has 4 N–H and O–H groups in total. The molecule has 6 rings (SSSR count). The van der Waals surface area contributed by atoms with Crippen LogP contribution in [0.15, 0.2) is 30.5 Å². The molecular formula is C30H38F3N7O3. The zero-order valence-corrected chi connectivity index (χ0v) is 24.5. The molecule has 232 valence electrons. The fourth-order valence-electron chi connectivity index (χ4n) is 6.63. The number of nitrogens with one attached hydrogen (secondary N) is 4. The molecular weight excluding hydrogens is 563 g/mol. The number of carbonyl (C=O) groups excluding carboxylic acids is 3. The van der Waals surface area contributed by atoms with E-state index in [0.717, 1.165) is 43.7 Å². The standard InChI is InChI=1S/C30H38F3N7O3/c1-16(2)40-22(10-11-35-40)26(41)37-25(24(17-4-5-17)18-6-7-18)27(42)36-20-8-9-21-19(12-20)13-34-14-23(21)39-15-29(3,30(31,32)33)38-28(39)43/h8-12,16-18,23-25,34H,4-7,13-15H2,1-3H3,(H,36,42)(H,37,41)(H,38,43)/t23?,25-,29-/m0/s1. The third kappa shape index (κ3) is 5.71. The predicted octanol–water partition coefficient (Wildman–Crippen LogP) is 4.13. The second-order valence-electron chi connectivity index (χ2n) is 12.9. The molecule has 10 nitrogen and oxygen atoms in total. The molecule has 0 bridgehead atoms. The van der Waals surface area contributed by atoms with Gasteiger partial charge in [-0.25, -0.2) is 4.79 Å². The zero-order chi connectivity index (χ0) is 30.7. The van der Waals surface area contributed by atoms with Crippen LogP contribution in [0.3, 0.4) is 0 Å². The van der Waals surface area contributed by atoms with Gasteiger partial charge in [-0.1, -0.05) is 6.07 Å². The highest BCUT2D eigenvalue weighted by atomic mass is 19.4. The van der Waals surface area contributed by atoms with Gasteiger partial charge >= 0.3 is 12.2 Å². The van der Waals surface area contributed by atoms with Crippen molar-refractivity contribution in [1.29, 1.82) is 0 Å². The summed E-state index contributed by atoms with van der Waals surface area (Å²) >= 11 is 0. The van der Waals surface area contributed by atoms with Crippen LogP contribution in [0.4, 0.5) is 23.7 Å². The van der Waals surface area contributed by atoms with Crippen molar-refractivity contribution in [2.45, 2.75) is 82.8 Å². The normalized spacial score (nSPS) is 24.6. The van der Waals surface area contributed by atoms with Gasteiger partial charge in [0.2, 0.25) is 5.91 Å². The first-order valence-corrected chi connectivity index (χ1v) is 15.0. The summed E-state index contributed by atoms with van der Waals surface area (Å²) in [6, 6.07) is 4.82. The van der Waals surface area contributed by atoms with Gasteiger partial charge in [0.05, 0.1) is 12.6 Å². The lowest BCUT2D eigenvalue weighted by Crippen LogP contribution is -2.53. The van der Waals surface area contributed by atoms with Crippen LogP contribution in [0.2, 0.25) is 0 Å². The Morgan fingerprint density at radius 3 is 2.42 bits per heavy atom. The lowest BCUT2D eigenvalue weighted by Gasteiger charge is -2.34. The van der Waals surface area contributed by atoms with Gasteiger partial charge in [0.15, 0.2) is 5.54 Å². The van der Waals surface area contributed by atoms with E-state index in [1.54, 1.807) is 35.1 Å². The van der Waals surface area contributed by atoms with Gasteiger partial charge < -0.3 is 26.2 Å². The summed E-state index contributed by atoms with van der Waals surface area (Å²) in [5, 5.41) is 15.6. The average Bonchev–Trinajstić information content (AvgIpc) is 3.88. The number of aromatic nitrogens is 2. The Hall–Kier alpha value is -3.61. The monoisotopic (exact) mass is 601 g/mol. The maximum absolute atomic E-state index is 13.9. The van der Waals surface area contributed by atoms with Crippen LogP contribution in [-0.4, -0.2) is 63.4 Å². The quantitative estimate of drug-likeness (QED) is 0.345. The highest BCUT2D eigenvalue weighted by molar-refractivity contribution is 6.01. The smallest absolute Gasteiger partial charge is 0.339 e. The fourth-order valence-corrected chi connectivity index (χ4v) is 6.63. The molecule has 2 aliphatic carbocycles. The van der Waals surface area contributed by atoms with E-state index in [1.165, 1.54) is 4.90 Å². The molecule has 4 aliphatic rings. The van der Waals surface area contributed by atoms with Crippen LogP contribution in [0.5, 0.6) is 0 Å². The third-order valence-electron chi connectivity index (χ3n) is 9.23. The second kappa shape index (κ2) is 10.8. The van der Waals surface area contributed by atoms with Crippen LogP contribution in [0.25, 0.3) is 0 Å². The number of hydrogen-bond acceptors (Lipinski definition) is 5. The van der Waals surface area contributed by atoms with Gasteiger partial charge in [-0.05, 0) is 93.5 Å². The molecule has 43 heavy (non-hydrogen) atoms. The van der Waals surface area contributed by atoms with Crippen molar-refractivity contribution in [2.75, 3.05) is 18.4 Å². The minimum absolute atomic E-state index is 0.0209. The van der Waals surface area contributed by atoms with Gasteiger partial charge in [0.1, 0.15) is 11.7 Å². The van der Waals surface area contributed by atoms with Crippen LogP contribution >= 0.6 is 0 Å². The van der Waals surface area contributed by atoms with Crippen LogP contribution in [-0.2, 0) is 11.3 Å². The van der Waals surface area contributed by atoms with Crippen molar-refractivity contribution in [3.63, 3.8) is 0 Å². The molecule has 3 atom stereocenters. The van der Waals surface area contributed by atoms with Crippen molar-refractivity contribution < 1.29 is 27.6 Å². The maximum atomic E-state index is 13.9. The number of anilines is 1. The summed E-state index contributed by atoms with van der Waals surface area (Å²) in [4.78, 5) is 41.1. The molecule has 1 saturated heterocycles. The van der Waals surface area contributed by atoms with Gasteiger partial charge in [-0.15, -0.1) is 0 Å². The fraction of sp³-hybridized carbons (Fsp3) is 0.600. The minimum Gasteiger partial charge on any atom is -0.339 e. The average molecular weight is 602 g/mol. The second-order valence-corrected chi connectivity index (χ2v) is 12.9. The molecule has 0 radical (unpaired) electrons. The Balaban J connectivity index is 1.22. The number of fused-ring (bicyclic) bond motifs is 1. The molecule has 2 aliphatic heterocycles. The number of alkyl halides is 3. The molecule has 2 saturated carbocycles. The number of rotatable bonds is 9. The first kappa shape index (κ1) is 29.5. The van der Waals surface area contributed by atoms with Gasteiger partial charge in [-0.2, -0.15) is 18.3 Å². The van der Waals surface area contributed by atoms with E-state index in [-0.39, 0.29) is 23.8 Å². The summed E-state index contributed by atoms with van der Waals surface area (Å²) in [5.74, 6) is 0.180. The number of benzene rings is 1. The van der Waals surface area contributed by atoms with Crippen LogP contribution in [0, 0.1) is 17.8 Å². The van der Waals surface area contributed by atoms with Gasteiger partial charge in [0, 0.05) is 31.0 Å². The first-order valence-electron chi connectivity index (χ1n) is 15.0. The summed E-state index contributed by atoms with van der Waals surface area (Å²) in [6.07, 6.45) is 1.13. The van der Waals surface area contributed by atoms with Gasteiger partial charge in [-0.3, -0.25) is 14.3 Å².